The van der Waals surface area contributed by atoms with E-state index >= 15 is 0 Å². The van der Waals surface area contributed by atoms with Crippen LogP contribution in [0.2, 0.25) is 0 Å². The number of anilines is 1. The molecular formula is C16H20BNO5. The molecule has 0 radical (unpaired) electrons. The standard InChI is InChI=1S/C16H20BNO5/c1-14(2)15(3,4)23-17(22-14)10-5-6-11-12(9-10)18-13(19)16(11)20-7-8-21-16/h5-6,9H,7-8H2,1-4H3,(H,18,19). The van der Waals surface area contributed by atoms with E-state index in [0.717, 1.165) is 5.46 Å². The molecule has 0 aromatic heterocycles. The van der Waals surface area contributed by atoms with Gasteiger partial charge in [0, 0.05) is 11.3 Å². The molecule has 3 heterocycles. The number of hydrogen-bond acceptors (Lipinski definition) is 5. The minimum absolute atomic E-state index is 0.281. The van der Waals surface area contributed by atoms with Gasteiger partial charge >= 0.3 is 7.12 Å². The van der Waals surface area contributed by atoms with E-state index in [2.05, 4.69) is 5.32 Å². The van der Waals surface area contributed by atoms with E-state index in [4.69, 9.17) is 18.8 Å². The first-order valence-electron chi connectivity index (χ1n) is 7.85. The summed E-state index contributed by atoms with van der Waals surface area (Å²) in [6, 6.07) is 5.61. The minimum atomic E-state index is -1.29. The topological polar surface area (TPSA) is 66.0 Å². The molecule has 0 unspecified atom stereocenters. The van der Waals surface area contributed by atoms with Crippen LogP contribution in [0, 0.1) is 0 Å². The maximum absolute atomic E-state index is 12.3. The lowest BCUT2D eigenvalue weighted by Gasteiger charge is -2.32. The van der Waals surface area contributed by atoms with Crippen LogP contribution < -0.4 is 10.8 Å². The van der Waals surface area contributed by atoms with Crippen LogP contribution in [0.15, 0.2) is 18.2 Å². The summed E-state index contributed by atoms with van der Waals surface area (Å²) in [7, 11) is -0.468. The van der Waals surface area contributed by atoms with Crippen LogP contribution in [0.3, 0.4) is 0 Å². The predicted octanol–water partition coefficient (Wildman–Crippen LogP) is 1.14. The summed E-state index contributed by atoms with van der Waals surface area (Å²) in [6.45, 7) is 8.86. The Balaban J connectivity index is 1.68. The number of amides is 1. The zero-order valence-electron chi connectivity index (χ0n) is 13.8. The molecule has 0 saturated carbocycles. The zero-order chi connectivity index (χ0) is 16.5. The molecule has 1 aromatic carbocycles. The Morgan fingerprint density at radius 3 is 2.26 bits per heavy atom. The van der Waals surface area contributed by atoms with Crippen LogP contribution in [0.5, 0.6) is 0 Å². The maximum atomic E-state index is 12.3. The number of hydrogen-bond donors (Lipinski definition) is 1. The molecule has 0 atom stereocenters. The van der Waals surface area contributed by atoms with Crippen molar-refractivity contribution in [1.82, 2.24) is 0 Å². The molecule has 1 spiro atoms. The molecule has 2 fully saturated rings. The zero-order valence-corrected chi connectivity index (χ0v) is 13.8. The van der Waals surface area contributed by atoms with Crippen LogP contribution >= 0.6 is 0 Å². The monoisotopic (exact) mass is 317 g/mol. The fourth-order valence-electron chi connectivity index (χ4n) is 3.10. The normalized spacial score (nSPS) is 26.6. The fraction of sp³-hybridized carbons (Fsp3) is 0.562. The number of benzene rings is 1. The van der Waals surface area contributed by atoms with Gasteiger partial charge in [0.2, 0.25) is 0 Å². The second-order valence-electron chi connectivity index (χ2n) is 7.16. The van der Waals surface area contributed by atoms with Crippen molar-refractivity contribution >= 4 is 24.2 Å². The molecule has 1 aromatic rings. The molecular weight excluding hydrogens is 297 g/mol. The van der Waals surface area contributed by atoms with Crippen LogP contribution in [0.1, 0.15) is 33.3 Å². The molecule has 0 aliphatic carbocycles. The molecule has 122 valence electrons. The van der Waals surface area contributed by atoms with E-state index in [0.29, 0.717) is 24.5 Å². The van der Waals surface area contributed by atoms with E-state index < -0.39 is 24.1 Å². The highest BCUT2D eigenvalue weighted by molar-refractivity contribution is 6.62. The van der Waals surface area contributed by atoms with Gasteiger partial charge in [0.05, 0.1) is 24.4 Å². The van der Waals surface area contributed by atoms with Crippen LogP contribution in [-0.4, -0.2) is 37.4 Å². The lowest BCUT2D eigenvalue weighted by molar-refractivity contribution is -0.178. The van der Waals surface area contributed by atoms with Gasteiger partial charge in [-0.15, -0.1) is 0 Å². The molecule has 3 aliphatic heterocycles. The molecule has 0 bridgehead atoms. The van der Waals surface area contributed by atoms with Crippen molar-refractivity contribution in [3.05, 3.63) is 23.8 Å². The van der Waals surface area contributed by atoms with E-state index in [-0.39, 0.29) is 5.91 Å². The molecule has 4 rings (SSSR count). The summed E-state index contributed by atoms with van der Waals surface area (Å²) in [4.78, 5) is 12.3. The molecule has 7 heteroatoms. The highest BCUT2D eigenvalue weighted by Gasteiger charge is 2.54. The lowest BCUT2D eigenvalue weighted by Crippen LogP contribution is -2.41. The number of ether oxygens (including phenoxy) is 2. The first-order chi connectivity index (χ1) is 10.8. The highest BCUT2D eigenvalue weighted by Crippen LogP contribution is 2.42. The van der Waals surface area contributed by atoms with E-state index in [1.165, 1.54) is 0 Å². The molecule has 3 aliphatic rings. The molecule has 2 saturated heterocycles. The molecule has 6 nitrogen and oxygen atoms in total. The number of carbonyl (C=O) groups is 1. The second kappa shape index (κ2) is 4.57. The average molecular weight is 317 g/mol. The Labute approximate surface area is 135 Å². The third-order valence-electron chi connectivity index (χ3n) is 5.16. The number of rotatable bonds is 1. The average Bonchev–Trinajstić information content (AvgIpc) is 3.10. The fourth-order valence-corrected chi connectivity index (χ4v) is 3.10. The van der Waals surface area contributed by atoms with Crippen molar-refractivity contribution in [1.29, 1.82) is 0 Å². The Kier molecular flexibility index (Phi) is 3.01. The highest BCUT2D eigenvalue weighted by atomic mass is 16.7. The van der Waals surface area contributed by atoms with Crippen LogP contribution in [0.4, 0.5) is 5.69 Å². The van der Waals surface area contributed by atoms with Gasteiger partial charge in [0.25, 0.3) is 11.7 Å². The van der Waals surface area contributed by atoms with E-state index in [9.17, 15) is 4.79 Å². The summed E-state index contributed by atoms with van der Waals surface area (Å²) in [6.07, 6.45) is 0. The van der Waals surface area contributed by atoms with Gasteiger partial charge in [-0.2, -0.15) is 0 Å². The molecule has 23 heavy (non-hydrogen) atoms. The second-order valence-corrected chi connectivity index (χ2v) is 7.16. The predicted molar refractivity (Wildman–Crippen MR) is 84.4 cm³/mol. The minimum Gasteiger partial charge on any atom is -0.399 e. The van der Waals surface area contributed by atoms with Gasteiger partial charge in [-0.1, -0.05) is 12.1 Å². The van der Waals surface area contributed by atoms with Crippen LogP contribution in [-0.2, 0) is 29.4 Å². The third-order valence-corrected chi connectivity index (χ3v) is 5.16. The Morgan fingerprint density at radius 1 is 1.04 bits per heavy atom. The number of fused-ring (bicyclic) bond motifs is 2. The van der Waals surface area contributed by atoms with E-state index in [1.54, 1.807) is 0 Å². The smallest absolute Gasteiger partial charge is 0.399 e. The third kappa shape index (κ3) is 2.01. The van der Waals surface area contributed by atoms with Gasteiger partial charge < -0.3 is 24.1 Å². The quantitative estimate of drug-likeness (QED) is 0.787. The number of carbonyl (C=O) groups excluding carboxylic acids is 1. The summed E-state index contributed by atoms with van der Waals surface area (Å²) >= 11 is 0. The molecule has 1 amide bonds. The summed E-state index contributed by atoms with van der Waals surface area (Å²) in [5, 5.41) is 2.84. The van der Waals surface area contributed by atoms with Crippen molar-refractivity contribution in [2.24, 2.45) is 0 Å². The maximum Gasteiger partial charge on any atom is 0.494 e. The first kappa shape index (κ1) is 15.1. The van der Waals surface area contributed by atoms with Crippen molar-refractivity contribution < 1.29 is 23.6 Å². The van der Waals surface area contributed by atoms with Gasteiger partial charge in [0.15, 0.2) is 0 Å². The van der Waals surface area contributed by atoms with Gasteiger partial charge in [-0.05, 0) is 39.2 Å². The Hall–Kier alpha value is -1.41. The van der Waals surface area contributed by atoms with Crippen molar-refractivity contribution in [3.8, 4) is 0 Å². The SMILES string of the molecule is CC1(C)OB(c2ccc3c(c2)NC(=O)C32OCCO2)OC1(C)C. The first-order valence-corrected chi connectivity index (χ1v) is 7.85. The van der Waals surface area contributed by atoms with Crippen molar-refractivity contribution in [2.45, 2.75) is 44.7 Å². The molecule has 1 N–H and O–H groups in total. The van der Waals surface area contributed by atoms with Crippen molar-refractivity contribution in [2.75, 3.05) is 18.5 Å². The summed E-state index contributed by atoms with van der Waals surface area (Å²) < 4.78 is 23.3. The summed E-state index contributed by atoms with van der Waals surface area (Å²) in [5.74, 6) is -1.57. The Bertz CT molecular complexity index is 665. The Morgan fingerprint density at radius 2 is 1.65 bits per heavy atom. The largest absolute Gasteiger partial charge is 0.494 e. The van der Waals surface area contributed by atoms with Crippen molar-refractivity contribution in [3.63, 3.8) is 0 Å². The van der Waals surface area contributed by atoms with E-state index in [1.807, 2.05) is 45.9 Å². The van der Waals surface area contributed by atoms with Gasteiger partial charge in [-0.3, -0.25) is 4.79 Å². The lowest BCUT2D eigenvalue weighted by atomic mass is 9.78. The van der Waals surface area contributed by atoms with Gasteiger partial charge in [-0.25, -0.2) is 0 Å². The number of nitrogens with one attached hydrogen (secondary N) is 1. The summed E-state index contributed by atoms with van der Waals surface area (Å²) in [5.41, 5.74) is 1.44. The van der Waals surface area contributed by atoms with Crippen LogP contribution in [0.25, 0.3) is 0 Å². The van der Waals surface area contributed by atoms with Gasteiger partial charge in [0.1, 0.15) is 0 Å².